The maximum Gasteiger partial charge on any atom is 0.172 e. The fraction of sp³-hybridized carbons (Fsp3) is 0.111. The molecule has 0 atom stereocenters. The zero-order chi connectivity index (χ0) is 19.5. The summed E-state index contributed by atoms with van der Waals surface area (Å²) in [6.45, 7) is 0. The van der Waals surface area contributed by atoms with Crippen LogP contribution in [0.2, 0.25) is 0 Å². The molecule has 0 unspecified atom stereocenters. The van der Waals surface area contributed by atoms with Crippen LogP contribution in [0, 0.1) is 0 Å². The van der Waals surface area contributed by atoms with E-state index in [1.54, 1.807) is 36.1 Å². The Balaban J connectivity index is 1.70. The lowest BCUT2D eigenvalue weighted by molar-refractivity contribution is 0.413. The number of methoxy groups -OCH3 is 1. The van der Waals surface area contributed by atoms with Crippen molar-refractivity contribution in [3.8, 4) is 11.5 Å². The zero-order valence-corrected chi connectivity index (χ0v) is 15.8. The van der Waals surface area contributed by atoms with Gasteiger partial charge in [0, 0.05) is 30.6 Å². The summed E-state index contributed by atoms with van der Waals surface area (Å²) < 4.78 is 11.2. The van der Waals surface area contributed by atoms with Crippen molar-refractivity contribution >= 4 is 44.6 Å². The first-order valence-electron chi connectivity index (χ1n) is 8.22. The Kier molecular flexibility index (Phi) is 4.77. The van der Waals surface area contributed by atoms with E-state index in [2.05, 4.69) is 29.9 Å². The molecule has 9 nitrogen and oxygen atoms in total. The van der Waals surface area contributed by atoms with E-state index in [1.165, 1.54) is 18.6 Å². The van der Waals surface area contributed by atoms with E-state index < -0.39 is 0 Å². The molecule has 2 aromatic heterocycles. The van der Waals surface area contributed by atoms with Crippen LogP contribution < -0.4 is 4.74 Å². The second kappa shape index (κ2) is 7.53. The van der Waals surface area contributed by atoms with Gasteiger partial charge in [-0.15, -0.1) is 20.5 Å². The molecule has 2 heterocycles. The molecule has 0 saturated carbocycles. The van der Waals surface area contributed by atoms with Crippen molar-refractivity contribution in [2.75, 3.05) is 7.11 Å². The smallest absolute Gasteiger partial charge is 0.172 e. The molecule has 0 saturated heterocycles. The summed E-state index contributed by atoms with van der Waals surface area (Å²) in [6.07, 6.45) is 1.61. The zero-order valence-electron chi connectivity index (χ0n) is 15.0. The number of phenolic OH excluding ortho intramolecular Hbond substituents is 1. The number of aryl methyl sites for hydroxylation is 1. The second-order valence-corrected chi connectivity index (χ2v) is 6.48. The quantitative estimate of drug-likeness (QED) is 0.447. The van der Waals surface area contributed by atoms with Crippen LogP contribution in [-0.4, -0.2) is 26.4 Å². The maximum atomic E-state index is 10.6. The van der Waals surface area contributed by atoms with Crippen LogP contribution in [0.3, 0.4) is 0 Å². The minimum atomic E-state index is -0.149. The third-order valence-electron chi connectivity index (χ3n) is 3.95. The SMILES string of the molecule is COc1cc(N=Nc2snc3ccccc23)c(O)c(N=Nc2ccnn2C)c1. The summed E-state index contributed by atoms with van der Waals surface area (Å²) in [7, 11) is 3.27. The second-order valence-electron chi connectivity index (χ2n) is 5.73. The Morgan fingerprint density at radius 2 is 1.79 bits per heavy atom. The summed E-state index contributed by atoms with van der Waals surface area (Å²) >= 11 is 1.24. The molecule has 4 aromatic rings. The summed E-state index contributed by atoms with van der Waals surface area (Å²) in [5.74, 6) is 0.866. The summed E-state index contributed by atoms with van der Waals surface area (Å²) in [5, 5.41) is 32.7. The Bertz CT molecular complexity index is 1200. The molecule has 28 heavy (non-hydrogen) atoms. The standard InChI is InChI=1S/C18H15N7O2S/c1-25-16(7-8-19-25)22-20-14-9-11(27-2)10-15(17(14)26)21-23-18-12-5-3-4-6-13(12)24-28-18/h3-10,26H,1-2H3. The predicted molar refractivity (Wildman–Crippen MR) is 106 cm³/mol. The fourth-order valence-electron chi connectivity index (χ4n) is 2.47. The molecular weight excluding hydrogens is 378 g/mol. The Labute approximate surface area is 163 Å². The van der Waals surface area contributed by atoms with Crippen LogP contribution in [0.15, 0.2) is 69.1 Å². The predicted octanol–water partition coefficient (Wildman–Crippen LogP) is 5.57. The third-order valence-corrected chi connectivity index (χ3v) is 4.71. The molecule has 0 bridgehead atoms. The number of nitrogens with zero attached hydrogens (tertiary/aromatic N) is 7. The van der Waals surface area contributed by atoms with E-state index in [4.69, 9.17) is 4.74 Å². The highest BCUT2D eigenvalue weighted by atomic mass is 32.1. The first-order valence-corrected chi connectivity index (χ1v) is 9.00. The van der Waals surface area contributed by atoms with E-state index >= 15 is 0 Å². The van der Waals surface area contributed by atoms with Gasteiger partial charge >= 0.3 is 0 Å². The number of benzene rings is 2. The Morgan fingerprint density at radius 1 is 1.04 bits per heavy atom. The van der Waals surface area contributed by atoms with Crippen LogP contribution in [0.5, 0.6) is 11.5 Å². The Hall–Kier alpha value is -3.66. The summed E-state index contributed by atoms with van der Waals surface area (Å²) in [5.41, 5.74) is 1.28. The number of hydrogen-bond acceptors (Lipinski definition) is 9. The molecule has 0 spiro atoms. The van der Waals surface area contributed by atoms with Crippen molar-refractivity contribution in [3.05, 3.63) is 48.7 Å². The number of aromatic nitrogens is 3. The van der Waals surface area contributed by atoms with Gasteiger partial charge in [-0.25, -0.2) is 4.68 Å². The van der Waals surface area contributed by atoms with Crippen LogP contribution >= 0.6 is 11.5 Å². The van der Waals surface area contributed by atoms with Gasteiger partial charge in [0.05, 0.1) is 18.8 Å². The highest BCUT2D eigenvalue weighted by Crippen LogP contribution is 2.42. The number of hydrogen-bond donors (Lipinski definition) is 1. The number of ether oxygens (including phenoxy) is 1. The molecule has 10 heteroatoms. The van der Waals surface area contributed by atoms with Gasteiger partial charge in [-0.2, -0.15) is 9.47 Å². The van der Waals surface area contributed by atoms with Gasteiger partial charge in [0.25, 0.3) is 0 Å². The van der Waals surface area contributed by atoms with E-state index in [1.807, 2.05) is 24.3 Å². The molecule has 0 fully saturated rings. The highest BCUT2D eigenvalue weighted by Gasteiger charge is 2.12. The largest absolute Gasteiger partial charge is 0.504 e. The van der Waals surface area contributed by atoms with Gasteiger partial charge in [-0.1, -0.05) is 12.1 Å². The van der Waals surface area contributed by atoms with Crippen molar-refractivity contribution in [2.24, 2.45) is 27.5 Å². The molecule has 0 aliphatic heterocycles. The first kappa shape index (κ1) is 17.7. The average Bonchev–Trinajstić information content (AvgIpc) is 3.32. The van der Waals surface area contributed by atoms with E-state index in [0.717, 1.165) is 10.9 Å². The number of fused-ring (bicyclic) bond motifs is 1. The normalized spacial score (nSPS) is 11.8. The van der Waals surface area contributed by atoms with E-state index in [9.17, 15) is 5.11 Å². The van der Waals surface area contributed by atoms with Gasteiger partial charge in [0.2, 0.25) is 0 Å². The van der Waals surface area contributed by atoms with Crippen LogP contribution in [0.1, 0.15) is 0 Å². The topological polar surface area (TPSA) is 110 Å². The minimum absolute atomic E-state index is 0.149. The van der Waals surface area contributed by atoms with Gasteiger partial charge < -0.3 is 9.84 Å². The molecule has 0 aliphatic carbocycles. The number of azo groups is 2. The highest BCUT2D eigenvalue weighted by molar-refractivity contribution is 7.11. The molecule has 0 amide bonds. The summed E-state index contributed by atoms with van der Waals surface area (Å²) in [6, 6.07) is 12.5. The van der Waals surface area contributed by atoms with Crippen molar-refractivity contribution in [2.45, 2.75) is 0 Å². The molecule has 140 valence electrons. The lowest BCUT2D eigenvalue weighted by Gasteiger charge is -2.05. The molecule has 0 radical (unpaired) electrons. The molecule has 2 aromatic carbocycles. The minimum Gasteiger partial charge on any atom is -0.504 e. The average molecular weight is 393 g/mol. The number of phenols is 1. The van der Waals surface area contributed by atoms with Crippen LogP contribution in [0.4, 0.5) is 22.2 Å². The van der Waals surface area contributed by atoms with Gasteiger partial charge in [-0.3, -0.25) is 0 Å². The molecule has 1 N–H and O–H groups in total. The van der Waals surface area contributed by atoms with E-state index in [0.29, 0.717) is 16.6 Å². The van der Waals surface area contributed by atoms with Crippen molar-refractivity contribution in [1.29, 1.82) is 0 Å². The van der Waals surface area contributed by atoms with Crippen LogP contribution in [0.25, 0.3) is 10.9 Å². The van der Waals surface area contributed by atoms with E-state index in [-0.39, 0.29) is 17.1 Å². The summed E-state index contributed by atoms with van der Waals surface area (Å²) in [4.78, 5) is 0. The Morgan fingerprint density at radius 3 is 2.50 bits per heavy atom. The maximum absolute atomic E-state index is 10.6. The van der Waals surface area contributed by atoms with Crippen LogP contribution in [-0.2, 0) is 7.05 Å². The first-order chi connectivity index (χ1) is 13.7. The van der Waals surface area contributed by atoms with Gasteiger partial charge in [0.15, 0.2) is 16.6 Å². The lowest BCUT2D eigenvalue weighted by Crippen LogP contribution is -1.87. The van der Waals surface area contributed by atoms with Gasteiger partial charge in [0.1, 0.15) is 17.1 Å². The number of aromatic hydroxyl groups is 1. The lowest BCUT2D eigenvalue weighted by atomic mass is 10.2. The van der Waals surface area contributed by atoms with Crippen molar-refractivity contribution < 1.29 is 9.84 Å². The van der Waals surface area contributed by atoms with Crippen molar-refractivity contribution in [1.82, 2.24) is 14.2 Å². The molecule has 0 aliphatic rings. The van der Waals surface area contributed by atoms with Gasteiger partial charge in [-0.05, 0) is 23.7 Å². The molecular formula is C18H15N7O2S. The molecule has 4 rings (SSSR count). The fourth-order valence-corrected chi connectivity index (χ4v) is 3.16. The monoisotopic (exact) mass is 393 g/mol. The van der Waals surface area contributed by atoms with Crippen molar-refractivity contribution in [3.63, 3.8) is 0 Å². The third kappa shape index (κ3) is 3.45. The number of rotatable bonds is 5.